The summed E-state index contributed by atoms with van der Waals surface area (Å²) in [6.07, 6.45) is 0.955. The fourth-order valence-electron chi connectivity index (χ4n) is 3.39. The molecule has 0 unspecified atom stereocenters. The molecule has 5 heteroatoms. The standard InChI is InChI=1S/C14H16F3NO/c15-14(16,17)19-11-6-4-5-10-12(11)18-9-13(10)7-2-1-3-8-13/h4-6,18H,1-3,7-9H2. The van der Waals surface area contributed by atoms with Crippen molar-refractivity contribution >= 4 is 5.69 Å². The molecule has 104 valence electrons. The average Bonchev–Trinajstić information content (AvgIpc) is 2.69. The third-order valence-corrected chi connectivity index (χ3v) is 4.24. The molecular weight excluding hydrogens is 255 g/mol. The Bertz CT molecular complexity index is 478. The number of para-hydroxylation sites is 1. The zero-order valence-electron chi connectivity index (χ0n) is 10.5. The van der Waals surface area contributed by atoms with Crippen LogP contribution in [0, 0.1) is 0 Å². The van der Waals surface area contributed by atoms with Crippen LogP contribution < -0.4 is 10.1 Å². The number of hydrogen-bond donors (Lipinski definition) is 1. The van der Waals surface area contributed by atoms with Crippen LogP contribution in [0.2, 0.25) is 0 Å². The van der Waals surface area contributed by atoms with Crippen molar-refractivity contribution in [1.82, 2.24) is 0 Å². The molecule has 1 aromatic carbocycles. The van der Waals surface area contributed by atoms with E-state index in [0.29, 0.717) is 5.69 Å². The number of rotatable bonds is 1. The van der Waals surface area contributed by atoms with Crippen LogP contribution in [-0.4, -0.2) is 12.9 Å². The highest BCUT2D eigenvalue weighted by atomic mass is 19.4. The van der Waals surface area contributed by atoms with Crippen molar-refractivity contribution in [3.63, 3.8) is 0 Å². The Kier molecular flexibility index (Phi) is 2.87. The van der Waals surface area contributed by atoms with Gasteiger partial charge in [0.1, 0.15) is 0 Å². The molecule has 19 heavy (non-hydrogen) atoms. The van der Waals surface area contributed by atoms with Gasteiger partial charge in [0.2, 0.25) is 0 Å². The minimum Gasteiger partial charge on any atom is -0.404 e. The number of nitrogens with one attached hydrogen (secondary N) is 1. The summed E-state index contributed by atoms with van der Waals surface area (Å²) in [6.45, 7) is 0.723. The van der Waals surface area contributed by atoms with Crippen LogP contribution in [-0.2, 0) is 5.41 Å². The second-order valence-corrected chi connectivity index (χ2v) is 5.42. The van der Waals surface area contributed by atoms with Gasteiger partial charge in [-0.1, -0.05) is 31.4 Å². The molecule has 1 N–H and O–H groups in total. The first-order valence-corrected chi connectivity index (χ1v) is 6.63. The van der Waals surface area contributed by atoms with Crippen molar-refractivity contribution in [2.75, 3.05) is 11.9 Å². The average molecular weight is 271 g/mol. The summed E-state index contributed by atoms with van der Waals surface area (Å²) in [5, 5.41) is 3.13. The van der Waals surface area contributed by atoms with Crippen molar-refractivity contribution in [3.8, 4) is 5.75 Å². The first kappa shape index (κ1) is 12.6. The first-order chi connectivity index (χ1) is 9.00. The number of alkyl halides is 3. The van der Waals surface area contributed by atoms with Gasteiger partial charge >= 0.3 is 6.36 Å². The van der Waals surface area contributed by atoms with Gasteiger partial charge < -0.3 is 10.1 Å². The van der Waals surface area contributed by atoms with Crippen molar-refractivity contribution < 1.29 is 17.9 Å². The number of hydrogen-bond acceptors (Lipinski definition) is 2. The molecule has 1 aromatic rings. The Labute approximate surface area is 109 Å². The minimum atomic E-state index is -4.64. The Morgan fingerprint density at radius 1 is 1.11 bits per heavy atom. The second kappa shape index (κ2) is 4.32. The fraction of sp³-hybridized carbons (Fsp3) is 0.571. The molecule has 3 rings (SSSR count). The molecule has 0 saturated heterocycles. The van der Waals surface area contributed by atoms with Gasteiger partial charge in [0.15, 0.2) is 5.75 Å². The van der Waals surface area contributed by atoms with Gasteiger partial charge in [0.25, 0.3) is 0 Å². The van der Waals surface area contributed by atoms with Gasteiger partial charge in [-0.15, -0.1) is 13.2 Å². The smallest absolute Gasteiger partial charge is 0.404 e. The molecule has 0 amide bonds. The molecular formula is C14H16F3NO. The number of benzene rings is 1. The second-order valence-electron chi connectivity index (χ2n) is 5.42. The van der Waals surface area contributed by atoms with E-state index in [1.54, 1.807) is 6.07 Å². The SMILES string of the molecule is FC(F)(F)Oc1cccc2c1NCC21CCCCC1. The summed E-state index contributed by atoms with van der Waals surface area (Å²) in [5.41, 5.74) is 1.54. The third kappa shape index (κ3) is 2.26. The van der Waals surface area contributed by atoms with Crippen LogP contribution in [0.15, 0.2) is 18.2 Å². The molecule has 2 aliphatic rings. The van der Waals surface area contributed by atoms with Gasteiger partial charge in [-0.2, -0.15) is 0 Å². The van der Waals surface area contributed by atoms with Crippen LogP contribution >= 0.6 is 0 Å². The van der Waals surface area contributed by atoms with Crippen molar-refractivity contribution in [2.45, 2.75) is 43.9 Å². The number of anilines is 1. The van der Waals surface area contributed by atoms with E-state index in [4.69, 9.17) is 0 Å². The molecule has 1 aliphatic carbocycles. The van der Waals surface area contributed by atoms with Crippen LogP contribution in [0.25, 0.3) is 0 Å². The Hall–Kier alpha value is -1.39. The summed E-state index contributed by atoms with van der Waals surface area (Å²) in [4.78, 5) is 0. The minimum absolute atomic E-state index is 0.0125. The van der Waals surface area contributed by atoms with E-state index in [0.717, 1.165) is 37.8 Å². The molecule has 1 fully saturated rings. The molecule has 2 nitrogen and oxygen atoms in total. The lowest BCUT2D eigenvalue weighted by molar-refractivity contribution is -0.274. The Morgan fingerprint density at radius 3 is 2.53 bits per heavy atom. The summed E-state index contributed by atoms with van der Waals surface area (Å²) in [7, 11) is 0. The highest BCUT2D eigenvalue weighted by Crippen LogP contribution is 2.50. The Morgan fingerprint density at radius 2 is 1.84 bits per heavy atom. The van der Waals surface area contributed by atoms with Gasteiger partial charge in [-0.25, -0.2) is 0 Å². The fourth-order valence-corrected chi connectivity index (χ4v) is 3.39. The zero-order chi connectivity index (χ0) is 13.5. The predicted octanol–water partition coefficient (Wildman–Crippen LogP) is 4.21. The highest BCUT2D eigenvalue weighted by Gasteiger charge is 2.42. The normalized spacial score (nSPS) is 21.0. The maximum Gasteiger partial charge on any atom is 0.573 e. The van der Waals surface area contributed by atoms with Crippen LogP contribution in [0.4, 0.5) is 18.9 Å². The lowest BCUT2D eigenvalue weighted by Crippen LogP contribution is -2.30. The molecule has 0 atom stereocenters. The quantitative estimate of drug-likeness (QED) is 0.826. The largest absolute Gasteiger partial charge is 0.573 e. The first-order valence-electron chi connectivity index (χ1n) is 6.63. The van der Waals surface area contributed by atoms with E-state index in [1.165, 1.54) is 12.5 Å². The summed E-state index contributed by atoms with van der Waals surface area (Å²) in [5.74, 6) is -0.104. The maximum absolute atomic E-state index is 12.4. The van der Waals surface area contributed by atoms with Crippen molar-refractivity contribution in [1.29, 1.82) is 0 Å². The lowest BCUT2D eigenvalue weighted by Gasteiger charge is -2.33. The van der Waals surface area contributed by atoms with E-state index in [9.17, 15) is 13.2 Å². The highest BCUT2D eigenvalue weighted by molar-refractivity contribution is 5.68. The molecule has 0 radical (unpaired) electrons. The van der Waals surface area contributed by atoms with E-state index in [2.05, 4.69) is 10.1 Å². The topological polar surface area (TPSA) is 21.3 Å². The number of ether oxygens (including phenoxy) is 1. The zero-order valence-corrected chi connectivity index (χ0v) is 10.5. The molecule has 1 spiro atoms. The van der Waals surface area contributed by atoms with E-state index in [-0.39, 0.29) is 11.2 Å². The van der Waals surface area contributed by atoms with Crippen LogP contribution in [0.5, 0.6) is 5.75 Å². The van der Waals surface area contributed by atoms with E-state index in [1.807, 2.05) is 6.07 Å². The number of halogens is 3. The van der Waals surface area contributed by atoms with Gasteiger partial charge in [-0.3, -0.25) is 0 Å². The molecule has 1 heterocycles. The number of fused-ring (bicyclic) bond motifs is 2. The van der Waals surface area contributed by atoms with Crippen LogP contribution in [0.1, 0.15) is 37.7 Å². The van der Waals surface area contributed by atoms with Gasteiger partial charge in [0.05, 0.1) is 5.69 Å². The van der Waals surface area contributed by atoms with Gasteiger partial charge in [0, 0.05) is 12.0 Å². The molecule has 0 bridgehead atoms. The summed E-state index contributed by atoms with van der Waals surface area (Å²) < 4.78 is 41.3. The van der Waals surface area contributed by atoms with Crippen molar-refractivity contribution in [2.24, 2.45) is 0 Å². The van der Waals surface area contributed by atoms with Gasteiger partial charge in [-0.05, 0) is 24.5 Å². The maximum atomic E-state index is 12.4. The molecule has 0 aromatic heterocycles. The van der Waals surface area contributed by atoms with E-state index < -0.39 is 6.36 Å². The lowest BCUT2D eigenvalue weighted by atomic mass is 9.71. The molecule has 1 saturated carbocycles. The third-order valence-electron chi connectivity index (χ3n) is 4.24. The monoisotopic (exact) mass is 271 g/mol. The van der Waals surface area contributed by atoms with E-state index >= 15 is 0 Å². The van der Waals surface area contributed by atoms with Crippen molar-refractivity contribution in [3.05, 3.63) is 23.8 Å². The Balaban J connectivity index is 1.96. The van der Waals surface area contributed by atoms with Crippen LogP contribution in [0.3, 0.4) is 0 Å². The summed E-state index contributed by atoms with van der Waals surface area (Å²) >= 11 is 0. The molecule has 1 aliphatic heterocycles. The summed E-state index contributed by atoms with van der Waals surface area (Å²) in [6, 6.07) is 4.97. The predicted molar refractivity (Wildman–Crippen MR) is 66.4 cm³/mol.